The molecule has 0 aliphatic heterocycles. The van der Waals surface area contributed by atoms with Crippen LogP contribution in [0.25, 0.3) is 0 Å². The van der Waals surface area contributed by atoms with Crippen molar-refractivity contribution in [1.29, 1.82) is 0 Å². The van der Waals surface area contributed by atoms with Crippen molar-refractivity contribution in [2.24, 2.45) is 10.9 Å². The standard InChI is InChI=1S/C9H15N3O2/c1-7(14-2)6-12-5-3-4-8(12)9(10)11-13/h3-5,7,13H,6H2,1-2H3,(H2,10,11). The third-order valence-corrected chi connectivity index (χ3v) is 2.06. The highest BCUT2D eigenvalue weighted by Crippen LogP contribution is 2.04. The molecule has 0 fully saturated rings. The van der Waals surface area contributed by atoms with E-state index in [-0.39, 0.29) is 11.9 Å². The van der Waals surface area contributed by atoms with Gasteiger partial charge in [-0.2, -0.15) is 0 Å². The number of amidine groups is 1. The molecule has 14 heavy (non-hydrogen) atoms. The van der Waals surface area contributed by atoms with Gasteiger partial charge >= 0.3 is 0 Å². The molecule has 0 saturated carbocycles. The molecule has 0 bridgehead atoms. The molecule has 0 saturated heterocycles. The number of nitrogens with two attached hydrogens (primary N) is 1. The molecule has 0 aromatic carbocycles. The predicted octanol–water partition coefficient (Wildman–Crippen LogP) is 0.618. The van der Waals surface area contributed by atoms with Crippen molar-refractivity contribution in [1.82, 2.24) is 4.57 Å². The first kappa shape index (κ1) is 10.6. The van der Waals surface area contributed by atoms with E-state index in [2.05, 4.69) is 5.16 Å². The number of rotatable bonds is 4. The van der Waals surface area contributed by atoms with E-state index in [0.717, 1.165) is 0 Å². The molecule has 0 spiro atoms. The average molecular weight is 197 g/mol. The summed E-state index contributed by atoms with van der Waals surface area (Å²) in [5, 5.41) is 11.5. The van der Waals surface area contributed by atoms with Crippen LogP contribution in [-0.2, 0) is 11.3 Å². The lowest BCUT2D eigenvalue weighted by atomic mass is 10.3. The van der Waals surface area contributed by atoms with Crippen LogP contribution in [0.1, 0.15) is 12.6 Å². The van der Waals surface area contributed by atoms with Gasteiger partial charge in [-0.05, 0) is 19.1 Å². The van der Waals surface area contributed by atoms with E-state index < -0.39 is 0 Å². The third-order valence-electron chi connectivity index (χ3n) is 2.06. The molecule has 1 aromatic rings. The van der Waals surface area contributed by atoms with Crippen molar-refractivity contribution in [3.05, 3.63) is 24.0 Å². The molecule has 0 aliphatic rings. The summed E-state index contributed by atoms with van der Waals surface area (Å²) in [4.78, 5) is 0. The zero-order valence-corrected chi connectivity index (χ0v) is 8.34. The van der Waals surface area contributed by atoms with Gasteiger partial charge in [-0.1, -0.05) is 5.16 Å². The van der Waals surface area contributed by atoms with Gasteiger partial charge < -0.3 is 20.2 Å². The first-order chi connectivity index (χ1) is 6.69. The van der Waals surface area contributed by atoms with Gasteiger partial charge in [0.1, 0.15) is 0 Å². The number of aromatic nitrogens is 1. The summed E-state index contributed by atoms with van der Waals surface area (Å²) in [6, 6.07) is 3.63. The molecule has 5 heteroatoms. The number of nitrogens with zero attached hydrogens (tertiary/aromatic N) is 2. The maximum Gasteiger partial charge on any atom is 0.186 e. The zero-order chi connectivity index (χ0) is 10.6. The van der Waals surface area contributed by atoms with Crippen molar-refractivity contribution in [2.45, 2.75) is 19.6 Å². The minimum absolute atomic E-state index is 0.0904. The molecule has 0 aliphatic carbocycles. The van der Waals surface area contributed by atoms with E-state index in [1.54, 1.807) is 13.2 Å². The van der Waals surface area contributed by atoms with Crippen LogP contribution < -0.4 is 5.73 Å². The first-order valence-electron chi connectivity index (χ1n) is 4.35. The summed E-state index contributed by atoms with van der Waals surface area (Å²) in [6.45, 7) is 2.63. The molecule has 1 unspecified atom stereocenters. The lowest BCUT2D eigenvalue weighted by Gasteiger charge is -2.12. The van der Waals surface area contributed by atoms with Gasteiger partial charge in [-0.25, -0.2) is 0 Å². The highest BCUT2D eigenvalue weighted by atomic mass is 16.5. The van der Waals surface area contributed by atoms with Crippen LogP contribution in [0.4, 0.5) is 0 Å². The van der Waals surface area contributed by atoms with Gasteiger partial charge in [-0.3, -0.25) is 0 Å². The largest absolute Gasteiger partial charge is 0.409 e. The van der Waals surface area contributed by atoms with E-state index in [1.165, 1.54) is 0 Å². The SMILES string of the molecule is COC(C)Cn1cccc1/C(N)=N/O. The summed E-state index contributed by atoms with van der Waals surface area (Å²) in [5.41, 5.74) is 6.19. The van der Waals surface area contributed by atoms with Crippen LogP contribution >= 0.6 is 0 Å². The van der Waals surface area contributed by atoms with E-state index in [1.807, 2.05) is 23.8 Å². The average Bonchev–Trinajstić information content (AvgIpc) is 2.64. The summed E-state index contributed by atoms with van der Waals surface area (Å²) >= 11 is 0. The van der Waals surface area contributed by atoms with E-state index in [4.69, 9.17) is 15.7 Å². The second-order valence-electron chi connectivity index (χ2n) is 3.08. The van der Waals surface area contributed by atoms with Gasteiger partial charge in [0, 0.05) is 19.9 Å². The van der Waals surface area contributed by atoms with E-state index in [9.17, 15) is 0 Å². The first-order valence-corrected chi connectivity index (χ1v) is 4.35. The smallest absolute Gasteiger partial charge is 0.186 e. The topological polar surface area (TPSA) is 72.8 Å². The molecular formula is C9H15N3O2. The maximum absolute atomic E-state index is 8.54. The lowest BCUT2D eigenvalue weighted by molar-refractivity contribution is 0.103. The molecule has 0 radical (unpaired) electrons. The van der Waals surface area contributed by atoms with Gasteiger partial charge in [0.25, 0.3) is 0 Å². The quantitative estimate of drug-likeness (QED) is 0.321. The Kier molecular flexibility index (Phi) is 3.53. The number of ether oxygens (including phenoxy) is 1. The van der Waals surface area contributed by atoms with Crippen LogP contribution in [0.15, 0.2) is 23.5 Å². The Bertz CT molecular complexity index is 320. The molecule has 5 nitrogen and oxygen atoms in total. The Morgan fingerprint density at radius 3 is 3.07 bits per heavy atom. The van der Waals surface area contributed by atoms with Gasteiger partial charge in [0.05, 0.1) is 11.8 Å². The second-order valence-corrected chi connectivity index (χ2v) is 3.08. The molecular weight excluding hydrogens is 182 g/mol. The minimum atomic E-state index is 0.0904. The summed E-state index contributed by atoms with van der Waals surface area (Å²) in [6.07, 6.45) is 1.95. The van der Waals surface area contributed by atoms with Gasteiger partial charge in [0.15, 0.2) is 5.84 Å². The number of methoxy groups -OCH3 is 1. The van der Waals surface area contributed by atoms with Crippen molar-refractivity contribution in [3.8, 4) is 0 Å². The highest BCUT2D eigenvalue weighted by molar-refractivity contribution is 5.95. The predicted molar refractivity (Wildman–Crippen MR) is 53.4 cm³/mol. The van der Waals surface area contributed by atoms with Crippen molar-refractivity contribution < 1.29 is 9.94 Å². The van der Waals surface area contributed by atoms with Crippen LogP contribution in [0.3, 0.4) is 0 Å². The molecule has 1 aromatic heterocycles. The number of oxime groups is 1. The van der Waals surface area contributed by atoms with Crippen LogP contribution in [0.2, 0.25) is 0 Å². The number of hydrogen-bond acceptors (Lipinski definition) is 3. The van der Waals surface area contributed by atoms with Crippen LogP contribution in [0, 0.1) is 0 Å². The minimum Gasteiger partial charge on any atom is -0.409 e. The Morgan fingerprint density at radius 2 is 2.50 bits per heavy atom. The second kappa shape index (κ2) is 4.66. The fourth-order valence-electron chi connectivity index (χ4n) is 1.21. The van der Waals surface area contributed by atoms with Crippen LogP contribution in [-0.4, -0.2) is 28.8 Å². The molecule has 1 atom stereocenters. The fraction of sp³-hybridized carbons (Fsp3) is 0.444. The summed E-state index contributed by atoms with van der Waals surface area (Å²) in [7, 11) is 1.65. The molecule has 78 valence electrons. The van der Waals surface area contributed by atoms with Gasteiger partial charge in [0.2, 0.25) is 0 Å². The zero-order valence-electron chi connectivity index (χ0n) is 8.34. The highest BCUT2D eigenvalue weighted by Gasteiger charge is 2.08. The maximum atomic E-state index is 8.54. The van der Waals surface area contributed by atoms with Gasteiger partial charge in [-0.15, -0.1) is 0 Å². The third kappa shape index (κ3) is 2.26. The van der Waals surface area contributed by atoms with Crippen molar-refractivity contribution >= 4 is 5.84 Å². The van der Waals surface area contributed by atoms with E-state index in [0.29, 0.717) is 12.2 Å². The van der Waals surface area contributed by atoms with Crippen LogP contribution in [0.5, 0.6) is 0 Å². The van der Waals surface area contributed by atoms with Crippen molar-refractivity contribution in [2.75, 3.05) is 7.11 Å². The molecule has 1 rings (SSSR count). The Balaban J connectivity index is 2.82. The summed E-state index contributed by atoms with van der Waals surface area (Å²) in [5.74, 6) is 0.110. The normalized spacial score (nSPS) is 14.3. The molecule has 3 N–H and O–H groups in total. The van der Waals surface area contributed by atoms with Crippen molar-refractivity contribution in [3.63, 3.8) is 0 Å². The van der Waals surface area contributed by atoms with E-state index >= 15 is 0 Å². The molecule has 1 heterocycles. The molecule has 0 amide bonds. The monoisotopic (exact) mass is 197 g/mol. The Hall–Kier alpha value is -1.49. The lowest BCUT2D eigenvalue weighted by Crippen LogP contribution is -2.22. The fourth-order valence-corrected chi connectivity index (χ4v) is 1.21. The number of hydrogen-bond donors (Lipinski definition) is 2. The Morgan fingerprint density at radius 1 is 1.79 bits per heavy atom. The Labute approximate surface area is 82.8 Å². The summed E-state index contributed by atoms with van der Waals surface area (Å²) < 4.78 is 7.01.